The maximum atomic E-state index is 13.4. The Morgan fingerprint density at radius 3 is 3.00 bits per heavy atom. The molecular formula is C11H10ClFN2O. The van der Waals surface area contributed by atoms with Gasteiger partial charge in [0, 0.05) is 0 Å². The number of rotatable bonds is 4. The molecule has 2 N–H and O–H groups in total. The minimum Gasteiger partial charge on any atom is -0.322 e. The average Bonchev–Trinajstić information content (AvgIpc) is 2.25. The first kappa shape index (κ1) is 12.5. The van der Waals surface area contributed by atoms with Gasteiger partial charge in [-0.05, 0) is 12.1 Å². The lowest BCUT2D eigenvalue weighted by Gasteiger charge is -2.06. The SMILES string of the molecule is C#CCNCC(=O)Nc1cccc(Cl)c1F. The summed E-state index contributed by atoms with van der Waals surface area (Å²) >= 11 is 5.56. The molecule has 0 unspecified atom stereocenters. The Morgan fingerprint density at radius 1 is 1.56 bits per heavy atom. The Kier molecular flexibility index (Phi) is 4.77. The number of terminal acetylenes is 1. The highest BCUT2D eigenvalue weighted by atomic mass is 35.5. The number of benzene rings is 1. The second-order valence-electron chi connectivity index (χ2n) is 2.96. The van der Waals surface area contributed by atoms with Crippen LogP contribution in [0.25, 0.3) is 0 Å². The van der Waals surface area contributed by atoms with Crippen molar-refractivity contribution in [1.29, 1.82) is 0 Å². The molecule has 16 heavy (non-hydrogen) atoms. The van der Waals surface area contributed by atoms with Gasteiger partial charge in [0.2, 0.25) is 5.91 Å². The molecule has 1 rings (SSSR count). The molecule has 3 nitrogen and oxygen atoms in total. The number of hydrogen-bond acceptors (Lipinski definition) is 2. The zero-order valence-corrected chi connectivity index (χ0v) is 9.14. The van der Waals surface area contributed by atoms with Crippen LogP contribution in [0.3, 0.4) is 0 Å². The number of anilines is 1. The van der Waals surface area contributed by atoms with Crippen molar-refractivity contribution in [3.63, 3.8) is 0 Å². The van der Waals surface area contributed by atoms with Crippen molar-refractivity contribution in [2.45, 2.75) is 0 Å². The first-order valence-electron chi connectivity index (χ1n) is 4.53. The van der Waals surface area contributed by atoms with Crippen molar-refractivity contribution in [2.75, 3.05) is 18.4 Å². The summed E-state index contributed by atoms with van der Waals surface area (Å²) in [6, 6.07) is 4.39. The van der Waals surface area contributed by atoms with Crippen LogP contribution < -0.4 is 10.6 Å². The number of nitrogens with one attached hydrogen (secondary N) is 2. The third-order valence-corrected chi connectivity index (χ3v) is 2.03. The van der Waals surface area contributed by atoms with Gasteiger partial charge in [-0.2, -0.15) is 0 Å². The molecule has 84 valence electrons. The molecule has 0 saturated heterocycles. The van der Waals surface area contributed by atoms with E-state index in [9.17, 15) is 9.18 Å². The van der Waals surface area contributed by atoms with E-state index in [1.807, 2.05) is 0 Å². The summed E-state index contributed by atoms with van der Waals surface area (Å²) < 4.78 is 13.4. The standard InChI is InChI=1S/C11H10ClFN2O/c1-2-6-14-7-10(16)15-9-5-3-4-8(12)11(9)13/h1,3-5,14H,6-7H2,(H,15,16). The largest absolute Gasteiger partial charge is 0.322 e. The maximum Gasteiger partial charge on any atom is 0.238 e. The summed E-state index contributed by atoms with van der Waals surface area (Å²) in [4.78, 5) is 11.3. The van der Waals surface area contributed by atoms with Crippen LogP contribution >= 0.6 is 11.6 Å². The Bertz CT molecular complexity index is 428. The summed E-state index contributed by atoms with van der Waals surface area (Å²) in [5, 5.41) is 5.03. The van der Waals surface area contributed by atoms with Crippen LogP contribution in [0.2, 0.25) is 5.02 Å². The molecule has 0 aliphatic rings. The summed E-state index contributed by atoms with van der Waals surface area (Å²) in [7, 11) is 0. The summed E-state index contributed by atoms with van der Waals surface area (Å²) in [6.07, 6.45) is 4.99. The molecular weight excluding hydrogens is 231 g/mol. The van der Waals surface area contributed by atoms with E-state index in [2.05, 4.69) is 16.6 Å². The van der Waals surface area contributed by atoms with Gasteiger partial charge in [0.1, 0.15) is 0 Å². The van der Waals surface area contributed by atoms with E-state index in [0.29, 0.717) is 0 Å². The van der Waals surface area contributed by atoms with E-state index in [1.54, 1.807) is 6.07 Å². The highest BCUT2D eigenvalue weighted by Gasteiger charge is 2.08. The van der Waals surface area contributed by atoms with Gasteiger partial charge >= 0.3 is 0 Å². The molecule has 0 aromatic heterocycles. The van der Waals surface area contributed by atoms with Gasteiger partial charge < -0.3 is 5.32 Å². The lowest BCUT2D eigenvalue weighted by Crippen LogP contribution is -2.28. The Balaban J connectivity index is 2.57. The number of amides is 1. The number of carbonyl (C=O) groups is 1. The molecule has 0 saturated carbocycles. The Hall–Kier alpha value is -1.57. The molecule has 1 aromatic carbocycles. The van der Waals surface area contributed by atoms with Gasteiger partial charge in [-0.15, -0.1) is 6.42 Å². The van der Waals surface area contributed by atoms with Gasteiger partial charge in [-0.3, -0.25) is 10.1 Å². The predicted molar refractivity (Wildman–Crippen MR) is 61.7 cm³/mol. The molecule has 1 aromatic rings. The van der Waals surface area contributed by atoms with Crippen LogP contribution in [-0.2, 0) is 4.79 Å². The first-order chi connectivity index (χ1) is 7.65. The van der Waals surface area contributed by atoms with Crippen molar-refractivity contribution >= 4 is 23.2 Å². The average molecular weight is 241 g/mol. The Labute approximate surface area is 98.0 Å². The summed E-state index contributed by atoms with van der Waals surface area (Å²) in [5.41, 5.74) is 0.0556. The lowest BCUT2D eigenvalue weighted by molar-refractivity contribution is -0.115. The lowest BCUT2D eigenvalue weighted by atomic mass is 10.3. The van der Waals surface area contributed by atoms with Crippen molar-refractivity contribution < 1.29 is 9.18 Å². The van der Waals surface area contributed by atoms with E-state index in [1.165, 1.54) is 12.1 Å². The van der Waals surface area contributed by atoms with Crippen LogP contribution in [0.5, 0.6) is 0 Å². The number of hydrogen-bond donors (Lipinski definition) is 2. The van der Waals surface area contributed by atoms with Crippen molar-refractivity contribution in [1.82, 2.24) is 5.32 Å². The topological polar surface area (TPSA) is 41.1 Å². The molecule has 0 bridgehead atoms. The zero-order valence-electron chi connectivity index (χ0n) is 8.39. The fraction of sp³-hybridized carbons (Fsp3) is 0.182. The van der Waals surface area contributed by atoms with Crippen LogP contribution in [0, 0.1) is 18.2 Å². The fourth-order valence-corrected chi connectivity index (χ4v) is 1.22. The molecule has 0 aliphatic carbocycles. The van der Waals surface area contributed by atoms with Crippen LogP contribution in [-0.4, -0.2) is 19.0 Å². The Morgan fingerprint density at radius 2 is 2.31 bits per heavy atom. The number of carbonyl (C=O) groups excluding carboxylic acids is 1. The van der Waals surface area contributed by atoms with E-state index in [4.69, 9.17) is 18.0 Å². The second kappa shape index (κ2) is 6.11. The summed E-state index contributed by atoms with van der Waals surface area (Å²) in [5.74, 6) is 1.30. The van der Waals surface area contributed by atoms with Gasteiger partial charge in [0.15, 0.2) is 5.82 Å². The molecule has 1 amide bonds. The van der Waals surface area contributed by atoms with E-state index >= 15 is 0 Å². The summed E-state index contributed by atoms with van der Waals surface area (Å²) in [6.45, 7) is 0.307. The highest BCUT2D eigenvalue weighted by molar-refractivity contribution is 6.31. The van der Waals surface area contributed by atoms with Crippen LogP contribution in [0.15, 0.2) is 18.2 Å². The van der Waals surface area contributed by atoms with Gasteiger partial charge in [0.25, 0.3) is 0 Å². The quantitative estimate of drug-likeness (QED) is 0.621. The monoisotopic (exact) mass is 240 g/mol. The third-order valence-electron chi connectivity index (χ3n) is 1.74. The molecule has 0 atom stereocenters. The normalized spacial score (nSPS) is 9.56. The van der Waals surface area contributed by atoms with E-state index < -0.39 is 5.82 Å². The smallest absolute Gasteiger partial charge is 0.238 e. The molecule has 5 heteroatoms. The minimum atomic E-state index is -0.644. The minimum absolute atomic E-state index is 0.0240. The molecule has 0 aliphatic heterocycles. The maximum absolute atomic E-state index is 13.4. The molecule has 0 spiro atoms. The van der Waals surface area contributed by atoms with Crippen LogP contribution in [0.4, 0.5) is 10.1 Å². The van der Waals surface area contributed by atoms with Gasteiger partial charge in [0.05, 0.1) is 23.8 Å². The first-order valence-corrected chi connectivity index (χ1v) is 4.91. The zero-order chi connectivity index (χ0) is 12.0. The highest BCUT2D eigenvalue weighted by Crippen LogP contribution is 2.21. The predicted octanol–water partition coefficient (Wildman–Crippen LogP) is 1.64. The van der Waals surface area contributed by atoms with Gasteiger partial charge in [-0.25, -0.2) is 4.39 Å². The molecule has 0 heterocycles. The number of halogens is 2. The van der Waals surface area contributed by atoms with Crippen molar-refractivity contribution in [3.05, 3.63) is 29.0 Å². The molecule has 0 fully saturated rings. The van der Waals surface area contributed by atoms with Crippen LogP contribution in [0.1, 0.15) is 0 Å². The molecule has 0 radical (unpaired) electrons. The third kappa shape index (κ3) is 3.54. The van der Waals surface area contributed by atoms with Crippen molar-refractivity contribution in [3.8, 4) is 12.3 Å². The van der Waals surface area contributed by atoms with E-state index in [0.717, 1.165) is 0 Å². The second-order valence-corrected chi connectivity index (χ2v) is 3.36. The van der Waals surface area contributed by atoms with Crippen molar-refractivity contribution in [2.24, 2.45) is 0 Å². The fourth-order valence-electron chi connectivity index (χ4n) is 1.04. The van der Waals surface area contributed by atoms with E-state index in [-0.39, 0.29) is 29.7 Å². The van der Waals surface area contributed by atoms with Gasteiger partial charge in [-0.1, -0.05) is 23.6 Å².